The first kappa shape index (κ1) is 37.6. The van der Waals surface area contributed by atoms with E-state index in [-0.39, 0.29) is 35.0 Å². The van der Waals surface area contributed by atoms with Crippen LogP contribution in [0.2, 0.25) is 0 Å². The number of aliphatic carboxylic acids is 1. The van der Waals surface area contributed by atoms with E-state index in [1.165, 1.54) is 12.8 Å². The fraction of sp³-hybridized carbons (Fsp3) is 0.919. The number of unbranched alkanes of at least 4 members (excludes halogenated alkanes) is 3. The minimum Gasteiger partial charge on any atom is -0.481 e. The van der Waals surface area contributed by atoms with Crippen LogP contribution in [0.3, 0.4) is 0 Å². The number of carboxylic acid groups (broad SMARTS) is 1. The molecule has 1 N–H and O–H groups in total. The summed E-state index contributed by atoms with van der Waals surface area (Å²) < 4.78 is 12.4. The molecule has 6 heteroatoms. The lowest BCUT2D eigenvalue weighted by Crippen LogP contribution is -2.48. The van der Waals surface area contributed by atoms with Gasteiger partial charge in [-0.25, -0.2) is 0 Å². The van der Waals surface area contributed by atoms with Crippen molar-refractivity contribution < 1.29 is 29.0 Å². The maximum Gasteiger partial charge on any atom is 0.311 e. The molecule has 0 heterocycles. The number of carbonyl (C=O) groups excluding carboxylic acids is 2. The van der Waals surface area contributed by atoms with Gasteiger partial charge in [0.1, 0.15) is 6.10 Å². The summed E-state index contributed by atoms with van der Waals surface area (Å²) in [6.45, 7) is 26.5. The lowest BCUT2D eigenvalue weighted by atomic mass is 9.57. The molecule has 0 aromatic heterocycles. The maximum absolute atomic E-state index is 14.0. The number of esters is 2. The van der Waals surface area contributed by atoms with Crippen LogP contribution >= 0.6 is 0 Å². The zero-order valence-corrected chi connectivity index (χ0v) is 30.1. The van der Waals surface area contributed by atoms with Crippen LogP contribution in [-0.4, -0.2) is 35.2 Å². The number of hydrogen-bond acceptors (Lipinski definition) is 5. The van der Waals surface area contributed by atoms with E-state index >= 15 is 0 Å². The first-order chi connectivity index (χ1) is 19.5. The predicted octanol–water partition coefficient (Wildman–Crippen LogP) is 9.62. The zero-order valence-electron chi connectivity index (χ0n) is 30.1. The second-order valence-corrected chi connectivity index (χ2v) is 17.3. The number of rotatable bonds is 17. The van der Waals surface area contributed by atoms with Gasteiger partial charge in [0.25, 0.3) is 0 Å². The SMILES string of the molecule is CCCCCCC(C)OC(=O)C(CC(C)(C)C(C)(CC)C(=O)O)C(C)(C)CC(C)(C)C(=O)OC1CC2CCC1(C)C2(C)C. The van der Waals surface area contributed by atoms with Crippen LogP contribution in [0.15, 0.2) is 0 Å². The van der Waals surface area contributed by atoms with Gasteiger partial charge in [-0.15, -0.1) is 0 Å². The zero-order chi connectivity index (χ0) is 33.2. The summed E-state index contributed by atoms with van der Waals surface area (Å²) in [7, 11) is 0. The Morgan fingerprint density at radius 1 is 0.953 bits per heavy atom. The molecule has 6 unspecified atom stereocenters. The second-order valence-electron chi connectivity index (χ2n) is 17.3. The third-order valence-electron chi connectivity index (χ3n) is 12.8. The van der Waals surface area contributed by atoms with E-state index in [0.717, 1.165) is 38.5 Å². The Kier molecular flexibility index (Phi) is 11.7. The number of hydrogen-bond donors (Lipinski definition) is 1. The highest BCUT2D eigenvalue weighted by molar-refractivity contribution is 5.78. The van der Waals surface area contributed by atoms with E-state index in [2.05, 4.69) is 27.7 Å². The lowest BCUT2D eigenvalue weighted by Gasteiger charge is -2.46. The molecule has 0 saturated heterocycles. The molecule has 2 rings (SSSR count). The second kappa shape index (κ2) is 13.4. The van der Waals surface area contributed by atoms with Crippen LogP contribution in [-0.2, 0) is 23.9 Å². The number of ether oxygens (including phenoxy) is 2. The largest absolute Gasteiger partial charge is 0.481 e. The van der Waals surface area contributed by atoms with Crippen molar-refractivity contribution in [1.82, 2.24) is 0 Å². The van der Waals surface area contributed by atoms with Crippen molar-refractivity contribution in [3.8, 4) is 0 Å². The highest BCUT2D eigenvalue weighted by Gasteiger charge is 2.63. The molecule has 2 aliphatic carbocycles. The van der Waals surface area contributed by atoms with E-state index in [0.29, 0.717) is 25.2 Å². The van der Waals surface area contributed by atoms with Gasteiger partial charge >= 0.3 is 17.9 Å². The maximum atomic E-state index is 14.0. The summed E-state index contributed by atoms with van der Waals surface area (Å²) in [5.41, 5.74) is -3.08. The van der Waals surface area contributed by atoms with Gasteiger partial charge in [0.15, 0.2) is 0 Å². The van der Waals surface area contributed by atoms with E-state index in [1.807, 2.05) is 55.4 Å². The van der Waals surface area contributed by atoms with Crippen LogP contribution in [0.4, 0.5) is 0 Å². The van der Waals surface area contributed by atoms with Gasteiger partial charge in [0.2, 0.25) is 0 Å². The van der Waals surface area contributed by atoms with Crippen molar-refractivity contribution in [2.45, 2.75) is 173 Å². The molecule has 2 fully saturated rings. The molecular weight excluding hydrogens is 540 g/mol. The van der Waals surface area contributed by atoms with Crippen LogP contribution in [0.25, 0.3) is 0 Å². The van der Waals surface area contributed by atoms with Gasteiger partial charge < -0.3 is 14.6 Å². The quantitative estimate of drug-likeness (QED) is 0.131. The Bertz CT molecular complexity index is 993. The van der Waals surface area contributed by atoms with Crippen LogP contribution in [0.5, 0.6) is 0 Å². The summed E-state index contributed by atoms with van der Waals surface area (Å²) >= 11 is 0. The van der Waals surface area contributed by atoms with Crippen molar-refractivity contribution in [2.75, 3.05) is 0 Å². The predicted molar refractivity (Wildman–Crippen MR) is 174 cm³/mol. The van der Waals surface area contributed by atoms with Crippen LogP contribution in [0, 0.1) is 44.3 Å². The summed E-state index contributed by atoms with van der Waals surface area (Å²) in [5, 5.41) is 10.2. The molecule has 0 aromatic carbocycles. The average molecular weight is 607 g/mol. The molecule has 6 nitrogen and oxygen atoms in total. The molecule has 6 atom stereocenters. The van der Waals surface area contributed by atoms with Crippen LogP contribution in [0.1, 0.15) is 161 Å². The van der Waals surface area contributed by atoms with Gasteiger partial charge in [-0.3, -0.25) is 14.4 Å². The smallest absolute Gasteiger partial charge is 0.311 e. The number of fused-ring (bicyclic) bond motifs is 2. The van der Waals surface area contributed by atoms with Crippen molar-refractivity contribution in [3.63, 3.8) is 0 Å². The Morgan fingerprint density at radius 3 is 2.02 bits per heavy atom. The molecular formula is C37H66O6. The van der Waals surface area contributed by atoms with Crippen molar-refractivity contribution >= 4 is 17.9 Å². The van der Waals surface area contributed by atoms with Gasteiger partial charge in [-0.2, -0.15) is 0 Å². The first-order valence-electron chi connectivity index (χ1n) is 17.2. The van der Waals surface area contributed by atoms with Gasteiger partial charge in [-0.05, 0) is 101 Å². The summed E-state index contributed by atoms with van der Waals surface area (Å²) in [5.74, 6) is -1.38. The first-order valence-corrected chi connectivity index (χ1v) is 17.2. The molecule has 0 aliphatic heterocycles. The third-order valence-corrected chi connectivity index (χ3v) is 12.8. The lowest BCUT2D eigenvalue weighted by molar-refractivity contribution is -0.174. The Hall–Kier alpha value is -1.59. The summed E-state index contributed by atoms with van der Waals surface area (Å²) in [6, 6.07) is 0. The average Bonchev–Trinajstić information content (AvgIpc) is 3.22. The number of carboxylic acids is 1. The Balaban J connectivity index is 2.31. The normalized spacial score (nSPS) is 26.4. The van der Waals surface area contributed by atoms with E-state index in [4.69, 9.17) is 9.47 Å². The molecule has 250 valence electrons. The molecule has 2 bridgehead atoms. The highest BCUT2D eigenvalue weighted by Crippen LogP contribution is 2.66. The minimum absolute atomic E-state index is 0.0238. The van der Waals surface area contributed by atoms with Gasteiger partial charge in [-0.1, -0.05) is 81.6 Å². The molecule has 2 saturated carbocycles. The molecule has 2 aliphatic rings. The molecule has 0 amide bonds. The molecule has 43 heavy (non-hydrogen) atoms. The standard InChI is InChI=1S/C37H66O6/c1-14-16-17-18-19-25(3)42-29(38)27(23-34(8,9)36(12,15-2)30(39)40)32(4,5)24-33(6,7)31(41)43-28-22-26-20-21-37(28,13)35(26,10)11/h25-28H,14-24H2,1-13H3,(H,39,40). The van der Waals surface area contributed by atoms with Crippen LogP contribution < -0.4 is 0 Å². The molecule has 0 aromatic rings. The molecule has 0 spiro atoms. The van der Waals surface area contributed by atoms with Crippen molar-refractivity contribution in [1.29, 1.82) is 0 Å². The van der Waals surface area contributed by atoms with Gasteiger partial charge in [0, 0.05) is 5.41 Å². The molecule has 0 radical (unpaired) electrons. The highest BCUT2D eigenvalue weighted by atomic mass is 16.5. The van der Waals surface area contributed by atoms with E-state index in [9.17, 15) is 19.5 Å². The van der Waals surface area contributed by atoms with Crippen molar-refractivity contribution in [3.05, 3.63) is 0 Å². The summed E-state index contributed by atoms with van der Waals surface area (Å²) in [4.78, 5) is 40.3. The minimum atomic E-state index is -1.02. The van der Waals surface area contributed by atoms with E-state index in [1.54, 1.807) is 6.92 Å². The van der Waals surface area contributed by atoms with Crippen molar-refractivity contribution in [2.24, 2.45) is 44.3 Å². The third kappa shape index (κ3) is 7.63. The monoisotopic (exact) mass is 606 g/mol. The Morgan fingerprint density at radius 2 is 1.56 bits per heavy atom. The summed E-state index contributed by atoms with van der Waals surface area (Å²) in [6.07, 6.45) is 9.32. The fourth-order valence-electron chi connectivity index (χ4n) is 8.46. The topological polar surface area (TPSA) is 89.9 Å². The Labute approximate surface area is 263 Å². The fourth-order valence-corrected chi connectivity index (χ4v) is 8.46. The van der Waals surface area contributed by atoms with Gasteiger partial charge in [0.05, 0.1) is 22.9 Å². The number of carbonyl (C=O) groups is 3. The van der Waals surface area contributed by atoms with E-state index < -0.39 is 33.5 Å².